The standard InChI is InChI=1S/C20H20N4O2S/c1-20(2,3)15-10-8-13(9-11-15)17-22-23-19(27)24(17)21-12-14-6-4-5-7-16(14)18(25)26/h4-12H,1-3H3,(H,23,27)(H,25,26)/p-1/b21-12-. The van der Waals surface area contributed by atoms with Crippen molar-refractivity contribution in [3.05, 3.63) is 70.0 Å². The van der Waals surface area contributed by atoms with Gasteiger partial charge in [-0.25, -0.2) is 5.10 Å². The highest BCUT2D eigenvalue weighted by atomic mass is 32.1. The van der Waals surface area contributed by atoms with Gasteiger partial charge in [-0.3, -0.25) is 0 Å². The minimum atomic E-state index is -1.26. The van der Waals surface area contributed by atoms with Crippen LogP contribution in [0.1, 0.15) is 42.3 Å². The van der Waals surface area contributed by atoms with Crippen LogP contribution in [0.4, 0.5) is 0 Å². The van der Waals surface area contributed by atoms with Crippen molar-refractivity contribution < 1.29 is 9.90 Å². The van der Waals surface area contributed by atoms with Crippen LogP contribution in [0.25, 0.3) is 11.4 Å². The molecule has 0 radical (unpaired) electrons. The number of benzene rings is 2. The number of nitrogens with one attached hydrogen (secondary N) is 1. The van der Waals surface area contributed by atoms with Crippen LogP contribution in [0.3, 0.4) is 0 Å². The Bertz CT molecular complexity index is 1060. The molecule has 0 aliphatic carbocycles. The van der Waals surface area contributed by atoms with Crippen molar-refractivity contribution >= 4 is 24.4 Å². The molecule has 138 valence electrons. The van der Waals surface area contributed by atoms with Crippen molar-refractivity contribution in [2.45, 2.75) is 26.2 Å². The van der Waals surface area contributed by atoms with Crippen LogP contribution >= 0.6 is 12.2 Å². The van der Waals surface area contributed by atoms with Crippen LogP contribution in [0.5, 0.6) is 0 Å². The third kappa shape index (κ3) is 4.03. The highest BCUT2D eigenvalue weighted by molar-refractivity contribution is 7.71. The summed E-state index contributed by atoms with van der Waals surface area (Å²) in [5.41, 5.74) is 2.59. The van der Waals surface area contributed by atoms with E-state index in [0.29, 0.717) is 16.2 Å². The van der Waals surface area contributed by atoms with Crippen molar-refractivity contribution in [2.75, 3.05) is 0 Å². The van der Waals surface area contributed by atoms with Gasteiger partial charge in [-0.2, -0.15) is 14.9 Å². The number of aromatic amines is 1. The Balaban J connectivity index is 1.99. The first kappa shape index (κ1) is 18.7. The lowest BCUT2D eigenvalue weighted by Gasteiger charge is -2.18. The van der Waals surface area contributed by atoms with Gasteiger partial charge in [-0.15, -0.1) is 0 Å². The molecule has 0 saturated heterocycles. The highest BCUT2D eigenvalue weighted by Gasteiger charge is 2.14. The Morgan fingerprint density at radius 3 is 2.48 bits per heavy atom. The van der Waals surface area contributed by atoms with E-state index in [4.69, 9.17) is 12.2 Å². The first-order valence-corrected chi connectivity index (χ1v) is 8.81. The molecule has 6 nitrogen and oxygen atoms in total. The molecule has 1 aromatic heterocycles. The van der Waals surface area contributed by atoms with E-state index < -0.39 is 5.97 Å². The number of carboxylic acid groups (broad SMARTS) is 1. The lowest BCUT2D eigenvalue weighted by molar-refractivity contribution is -0.255. The number of H-pyrrole nitrogens is 1. The second-order valence-corrected chi connectivity index (χ2v) is 7.50. The van der Waals surface area contributed by atoms with Crippen LogP contribution in [-0.2, 0) is 5.41 Å². The van der Waals surface area contributed by atoms with Crippen LogP contribution in [0.2, 0.25) is 0 Å². The SMILES string of the molecule is CC(C)(C)c1ccc(-c2n[nH]c(=S)n2/N=C\c2ccccc2C(=O)[O-])cc1. The number of carbonyl (C=O) groups excluding carboxylic acids is 1. The summed E-state index contributed by atoms with van der Waals surface area (Å²) in [5, 5.41) is 22.5. The topological polar surface area (TPSA) is 86.1 Å². The van der Waals surface area contributed by atoms with Gasteiger partial charge in [0.2, 0.25) is 4.77 Å². The average Bonchev–Trinajstić information content (AvgIpc) is 3.00. The van der Waals surface area contributed by atoms with Crippen molar-refractivity contribution in [1.82, 2.24) is 14.9 Å². The second kappa shape index (κ2) is 7.28. The number of carboxylic acids is 1. The average molecular weight is 379 g/mol. The molecule has 0 aliphatic rings. The quantitative estimate of drug-likeness (QED) is 0.557. The largest absolute Gasteiger partial charge is 0.545 e. The second-order valence-electron chi connectivity index (χ2n) is 7.11. The Hall–Kier alpha value is -3.06. The fraction of sp³-hybridized carbons (Fsp3) is 0.200. The molecule has 0 amide bonds. The summed E-state index contributed by atoms with van der Waals surface area (Å²) in [4.78, 5) is 11.2. The first-order valence-electron chi connectivity index (χ1n) is 8.40. The van der Waals surface area contributed by atoms with E-state index in [2.05, 4.69) is 36.1 Å². The van der Waals surface area contributed by atoms with Crippen LogP contribution in [0, 0.1) is 4.77 Å². The third-order valence-electron chi connectivity index (χ3n) is 4.15. The molecule has 0 spiro atoms. The van der Waals surface area contributed by atoms with Gasteiger partial charge in [0.25, 0.3) is 0 Å². The third-order valence-corrected chi connectivity index (χ3v) is 4.42. The van der Waals surface area contributed by atoms with E-state index in [9.17, 15) is 9.90 Å². The Labute approximate surface area is 162 Å². The molecule has 0 fully saturated rings. The summed E-state index contributed by atoms with van der Waals surface area (Å²) in [6, 6.07) is 14.5. The van der Waals surface area contributed by atoms with E-state index in [1.54, 1.807) is 18.2 Å². The minimum absolute atomic E-state index is 0.0516. The molecule has 0 unspecified atom stereocenters. The molecule has 1 heterocycles. The maximum atomic E-state index is 11.2. The Morgan fingerprint density at radius 1 is 1.19 bits per heavy atom. The zero-order valence-corrected chi connectivity index (χ0v) is 16.1. The lowest BCUT2D eigenvalue weighted by Crippen LogP contribution is -2.23. The monoisotopic (exact) mass is 379 g/mol. The van der Waals surface area contributed by atoms with Crippen molar-refractivity contribution in [2.24, 2.45) is 5.10 Å². The summed E-state index contributed by atoms with van der Waals surface area (Å²) in [6.07, 6.45) is 1.43. The van der Waals surface area contributed by atoms with Crippen LogP contribution in [0.15, 0.2) is 53.6 Å². The van der Waals surface area contributed by atoms with Crippen molar-refractivity contribution in [1.29, 1.82) is 0 Å². The molecule has 1 N–H and O–H groups in total. The number of aromatic carboxylic acids is 1. The molecule has 0 saturated carbocycles. The summed E-state index contributed by atoms with van der Waals surface area (Å²) in [6.45, 7) is 6.45. The predicted molar refractivity (Wildman–Crippen MR) is 105 cm³/mol. The first-order chi connectivity index (χ1) is 12.8. The Kier molecular flexibility index (Phi) is 5.05. The maximum absolute atomic E-state index is 11.2. The fourth-order valence-electron chi connectivity index (χ4n) is 2.62. The molecule has 27 heavy (non-hydrogen) atoms. The maximum Gasteiger partial charge on any atom is 0.216 e. The summed E-state index contributed by atoms with van der Waals surface area (Å²) >= 11 is 5.26. The summed E-state index contributed by atoms with van der Waals surface area (Å²) in [5.74, 6) is -0.714. The molecule has 3 aromatic rings. The molecule has 0 atom stereocenters. The summed E-state index contributed by atoms with van der Waals surface area (Å²) < 4.78 is 1.78. The van der Waals surface area contributed by atoms with Gasteiger partial charge in [0.05, 0.1) is 12.2 Å². The van der Waals surface area contributed by atoms with E-state index in [-0.39, 0.29) is 11.0 Å². The summed E-state index contributed by atoms with van der Waals surface area (Å²) in [7, 11) is 0. The van der Waals surface area contributed by atoms with Gasteiger partial charge >= 0.3 is 0 Å². The fourth-order valence-corrected chi connectivity index (χ4v) is 2.80. The van der Waals surface area contributed by atoms with Gasteiger partial charge in [0.1, 0.15) is 0 Å². The molecule has 7 heteroatoms. The van der Waals surface area contributed by atoms with Crippen molar-refractivity contribution in [3.63, 3.8) is 0 Å². The van der Waals surface area contributed by atoms with Gasteiger partial charge < -0.3 is 9.90 Å². The number of hydrogen-bond acceptors (Lipinski definition) is 5. The van der Waals surface area contributed by atoms with Gasteiger partial charge in [-0.1, -0.05) is 69.3 Å². The van der Waals surface area contributed by atoms with Crippen molar-refractivity contribution in [3.8, 4) is 11.4 Å². The van der Waals surface area contributed by atoms with Gasteiger partial charge in [0, 0.05) is 16.7 Å². The number of hydrogen-bond donors (Lipinski definition) is 1. The van der Waals surface area contributed by atoms with E-state index in [0.717, 1.165) is 5.56 Å². The lowest BCUT2D eigenvalue weighted by atomic mass is 9.87. The number of nitrogens with zero attached hydrogens (tertiary/aromatic N) is 3. The van der Waals surface area contributed by atoms with E-state index >= 15 is 0 Å². The molecular formula is C20H19N4O2S-. The Morgan fingerprint density at radius 2 is 1.85 bits per heavy atom. The zero-order chi connectivity index (χ0) is 19.6. The molecule has 3 rings (SSSR count). The zero-order valence-electron chi connectivity index (χ0n) is 15.3. The predicted octanol–water partition coefficient (Wildman–Crippen LogP) is 3.15. The smallest absolute Gasteiger partial charge is 0.216 e. The molecule has 0 bridgehead atoms. The van der Waals surface area contributed by atoms with Crippen LogP contribution < -0.4 is 5.11 Å². The molecule has 0 aliphatic heterocycles. The molecule has 2 aromatic carbocycles. The number of rotatable bonds is 4. The van der Waals surface area contributed by atoms with Gasteiger partial charge in [0.15, 0.2) is 5.82 Å². The normalized spacial score (nSPS) is 11.8. The van der Waals surface area contributed by atoms with Gasteiger partial charge in [-0.05, 0) is 23.2 Å². The number of aromatic nitrogens is 3. The van der Waals surface area contributed by atoms with E-state index in [1.807, 2.05) is 24.3 Å². The molecular weight excluding hydrogens is 360 g/mol. The van der Waals surface area contributed by atoms with Crippen LogP contribution in [-0.4, -0.2) is 27.1 Å². The van der Waals surface area contributed by atoms with E-state index in [1.165, 1.54) is 22.5 Å². The number of carbonyl (C=O) groups is 1. The highest BCUT2D eigenvalue weighted by Crippen LogP contribution is 2.25. The minimum Gasteiger partial charge on any atom is -0.545 e.